The number of hydrogen-bond acceptors (Lipinski definition) is 8. The third-order valence-corrected chi connectivity index (χ3v) is 12.4. The van der Waals surface area contributed by atoms with Crippen LogP contribution in [0.5, 0.6) is 5.75 Å². The second-order valence-electron chi connectivity index (χ2n) is 13.5. The largest absolute Gasteiger partial charge is 0.543 e. The van der Waals surface area contributed by atoms with Crippen molar-refractivity contribution >= 4 is 48.8 Å². The molecule has 4 rings (SSSR count). The lowest BCUT2D eigenvalue weighted by Crippen LogP contribution is -2.44. The Morgan fingerprint density at radius 2 is 1.65 bits per heavy atom. The maximum Gasteiger partial charge on any atom is 0.490 e. The van der Waals surface area contributed by atoms with Crippen molar-refractivity contribution in [3.05, 3.63) is 65.1 Å². The van der Waals surface area contributed by atoms with Crippen LogP contribution in [0.1, 0.15) is 42.3 Å². The fourth-order valence-electron chi connectivity index (χ4n) is 4.30. The fourth-order valence-corrected chi connectivity index (χ4v) is 5.37. The number of amides is 1. The first-order valence-electron chi connectivity index (χ1n) is 15.2. The number of nitrogens with one attached hydrogen (secondary N) is 3. The van der Waals surface area contributed by atoms with Gasteiger partial charge in [-0.1, -0.05) is 26.8 Å². The number of likely N-dealkylation sites (N-methyl/N-ethyl adjacent to an activating group) is 2. The van der Waals surface area contributed by atoms with Crippen LogP contribution in [0.3, 0.4) is 0 Å². The molecule has 2 aromatic carbocycles. The number of pyridine rings is 1. The molecule has 3 aromatic rings. The molecule has 0 saturated carbocycles. The van der Waals surface area contributed by atoms with E-state index >= 15 is 4.39 Å². The number of hydrogen-bond donors (Lipinski definition) is 4. The third-order valence-electron chi connectivity index (χ3n) is 8.09. The summed E-state index contributed by atoms with van der Waals surface area (Å²) in [7, 11) is 4.04. The Morgan fingerprint density at radius 3 is 2.23 bits per heavy atom. The smallest absolute Gasteiger partial charge is 0.490 e. The van der Waals surface area contributed by atoms with Gasteiger partial charge in [-0.25, -0.2) is 14.2 Å². The minimum Gasteiger partial charge on any atom is -0.543 e. The second-order valence-corrected chi connectivity index (χ2v) is 18.2. The van der Waals surface area contributed by atoms with Crippen LogP contribution in [0.15, 0.2) is 42.6 Å². The Kier molecular flexibility index (Phi) is 11.9. The minimum absolute atomic E-state index is 0.00982. The van der Waals surface area contributed by atoms with Gasteiger partial charge in [0.1, 0.15) is 22.9 Å². The Hall–Kier alpha value is -4.21. The predicted octanol–water partition coefficient (Wildman–Crippen LogP) is 7.59. The predicted molar refractivity (Wildman–Crippen MR) is 183 cm³/mol. The van der Waals surface area contributed by atoms with Crippen LogP contribution in [0.25, 0.3) is 0 Å². The standard InChI is InChI=1S/C31H43FN6O2Si.C2HF3O2/c1-20-16-22(32)25(18-27(20)40-41(8,9)31(2,3)4)34-24-12-13-33-29-28(24)30(39)36-26-17-21(10-11-23(26)35-29)19-38(7)15-14-37(5)6;3-2(4,5)1(6)7/h10-13,16-18H,14-15,19H2,1-9H3,(H,36,39)(H2,33,34,35);(H,6,7). The Bertz CT molecular complexity index is 1640. The molecule has 0 radical (unpaired) electrons. The number of halogens is 4. The number of carboxylic acids is 1. The summed E-state index contributed by atoms with van der Waals surface area (Å²) in [6, 6.07) is 10.8. The van der Waals surface area contributed by atoms with E-state index in [0.717, 1.165) is 36.4 Å². The van der Waals surface area contributed by atoms with Gasteiger partial charge < -0.3 is 35.3 Å². The van der Waals surface area contributed by atoms with Crippen molar-refractivity contribution in [1.82, 2.24) is 14.8 Å². The number of carboxylic acid groups (broad SMARTS) is 1. The molecule has 15 heteroatoms. The van der Waals surface area contributed by atoms with Crippen molar-refractivity contribution in [1.29, 1.82) is 0 Å². The first kappa shape index (κ1) is 38.2. The number of nitrogens with zero attached hydrogens (tertiary/aromatic N) is 3. The number of carbonyl (C=O) groups is 2. The lowest BCUT2D eigenvalue weighted by molar-refractivity contribution is -0.192. The van der Waals surface area contributed by atoms with Gasteiger partial charge >= 0.3 is 12.1 Å². The summed E-state index contributed by atoms with van der Waals surface area (Å²) in [4.78, 5) is 31.3. The van der Waals surface area contributed by atoms with Crippen LogP contribution in [0.2, 0.25) is 18.1 Å². The number of aromatic nitrogens is 1. The van der Waals surface area contributed by atoms with E-state index in [4.69, 9.17) is 14.3 Å². The monoisotopic (exact) mass is 692 g/mol. The minimum atomic E-state index is -5.08. The van der Waals surface area contributed by atoms with Crippen molar-refractivity contribution in [2.45, 2.75) is 58.5 Å². The van der Waals surface area contributed by atoms with Gasteiger partial charge in [-0.3, -0.25) is 4.79 Å². The summed E-state index contributed by atoms with van der Waals surface area (Å²) in [5.74, 6) is -2.48. The number of alkyl halides is 3. The highest BCUT2D eigenvalue weighted by Gasteiger charge is 2.40. The quantitative estimate of drug-likeness (QED) is 0.133. The van der Waals surface area contributed by atoms with Crippen molar-refractivity contribution in [2.24, 2.45) is 0 Å². The number of rotatable bonds is 9. The molecule has 0 atom stereocenters. The number of aliphatic carboxylic acids is 1. The molecule has 0 aliphatic carbocycles. The van der Waals surface area contributed by atoms with Crippen molar-refractivity contribution < 1.29 is 36.7 Å². The highest BCUT2D eigenvalue weighted by atomic mass is 28.4. The van der Waals surface area contributed by atoms with Crippen molar-refractivity contribution in [2.75, 3.05) is 50.2 Å². The average molecular weight is 693 g/mol. The van der Waals surface area contributed by atoms with Crippen LogP contribution in [0, 0.1) is 12.7 Å². The van der Waals surface area contributed by atoms with Gasteiger partial charge in [0.25, 0.3) is 5.91 Å². The van der Waals surface area contributed by atoms with E-state index in [9.17, 15) is 18.0 Å². The van der Waals surface area contributed by atoms with E-state index in [1.165, 1.54) is 6.07 Å². The zero-order valence-corrected chi connectivity index (χ0v) is 29.7. The lowest BCUT2D eigenvalue weighted by Gasteiger charge is -2.37. The molecule has 0 unspecified atom stereocenters. The van der Waals surface area contributed by atoms with E-state index in [2.05, 4.69) is 85.7 Å². The van der Waals surface area contributed by atoms with E-state index in [1.807, 2.05) is 25.1 Å². The Labute approximate surface area is 279 Å². The molecule has 4 N–H and O–H groups in total. The molecule has 1 aromatic heterocycles. The van der Waals surface area contributed by atoms with Gasteiger partial charge in [0.2, 0.25) is 8.32 Å². The molecular formula is C33H44F4N6O4Si. The summed E-state index contributed by atoms with van der Waals surface area (Å²) in [5, 5.41) is 16.6. The molecule has 262 valence electrons. The molecule has 1 amide bonds. The number of anilines is 5. The molecule has 1 aliphatic heterocycles. The van der Waals surface area contributed by atoms with Gasteiger partial charge in [0.15, 0.2) is 0 Å². The van der Waals surface area contributed by atoms with Crippen molar-refractivity contribution in [3.8, 4) is 5.75 Å². The third kappa shape index (κ3) is 9.90. The molecule has 10 nitrogen and oxygen atoms in total. The zero-order chi connectivity index (χ0) is 36.2. The Morgan fingerprint density at radius 1 is 1.00 bits per heavy atom. The number of fused-ring (bicyclic) bond motifs is 2. The first-order chi connectivity index (χ1) is 22.1. The van der Waals surface area contributed by atoms with Crippen LogP contribution in [-0.4, -0.2) is 80.5 Å². The summed E-state index contributed by atoms with van der Waals surface area (Å²) < 4.78 is 53.5. The average Bonchev–Trinajstić information content (AvgIpc) is 3.09. The molecule has 0 fully saturated rings. The molecule has 2 heterocycles. The molecule has 0 saturated heterocycles. The SMILES string of the molecule is Cc1cc(F)c(Nc2ccnc3c2C(=O)Nc2cc(CN(C)CCN(C)C)ccc2N3)cc1O[Si](C)(C)C(C)(C)C.O=C(O)C(F)(F)F. The molecule has 1 aliphatic rings. The summed E-state index contributed by atoms with van der Waals surface area (Å²) in [6.07, 6.45) is -3.49. The Balaban J connectivity index is 0.000000804. The fraction of sp³-hybridized carbons (Fsp3) is 0.424. The van der Waals surface area contributed by atoms with Crippen molar-refractivity contribution in [3.63, 3.8) is 0 Å². The van der Waals surface area contributed by atoms with Crippen LogP contribution in [0.4, 0.5) is 46.1 Å². The van der Waals surface area contributed by atoms with E-state index < -0.39 is 26.3 Å². The van der Waals surface area contributed by atoms with Gasteiger partial charge in [0.05, 0.1) is 22.7 Å². The summed E-state index contributed by atoms with van der Waals surface area (Å²) >= 11 is 0. The first-order valence-corrected chi connectivity index (χ1v) is 18.1. The highest BCUT2D eigenvalue weighted by Crippen LogP contribution is 2.40. The van der Waals surface area contributed by atoms with Gasteiger partial charge in [0, 0.05) is 31.9 Å². The summed E-state index contributed by atoms with van der Waals surface area (Å²) in [5.41, 5.74) is 4.20. The zero-order valence-electron chi connectivity index (χ0n) is 28.7. The maximum atomic E-state index is 15.2. The molecular weight excluding hydrogens is 648 g/mol. The topological polar surface area (TPSA) is 119 Å². The summed E-state index contributed by atoms with van der Waals surface area (Å²) in [6.45, 7) is 15.3. The van der Waals surface area contributed by atoms with Gasteiger partial charge in [-0.05, 0) is 81.6 Å². The number of carbonyl (C=O) groups excluding carboxylic acids is 1. The number of aryl methyl sites for hydroxylation is 1. The normalized spacial score (nSPS) is 13.0. The molecule has 0 spiro atoms. The molecule has 0 bridgehead atoms. The van der Waals surface area contributed by atoms with E-state index in [0.29, 0.717) is 28.5 Å². The van der Waals surface area contributed by atoms with Gasteiger partial charge in [-0.15, -0.1) is 0 Å². The van der Waals surface area contributed by atoms with Gasteiger partial charge in [-0.2, -0.15) is 13.2 Å². The number of benzene rings is 2. The van der Waals surface area contributed by atoms with E-state index in [1.54, 1.807) is 18.3 Å². The highest BCUT2D eigenvalue weighted by molar-refractivity contribution is 6.74. The second kappa shape index (κ2) is 14.9. The van der Waals surface area contributed by atoms with Crippen LogP contribution in [-0.2, 0) is 11.3 Å². The van der Waals surface area contributed by atoms with Crippen LogP contribution < -0.4 is 20.4 Å². The molecule has 48 heavy (non-hydrogen) atoms. The maximum absolute atomic E-state index is 15.2. The van der Waals surface area contributed by atoms with E-state index in [-0.39, 0.29) is 16.6 Å². The lowest BCUT2D eigenvalue weighted by atomic mass is 10.1. The van der Waals surface area contributed by atoms with Crippen LogP contribution >= 0.6 is 0 Å².